The SMILES string of the molecule is CC1COc2nc(C(=O)NCCN(C)C)c(Cc3ccc(F)cc3)cc2N1C(=O)O. The molecule has 0 spiro atoms. The number of benzene rings is 1. The van der Waals surface area contributed by atoms with Gasteiger partial charge in [0, 0.05) is 13.1 Å². The summed E-state index contributed by atoms with van der Waals surface area (Å²) in [6.07, 6.45) is -0.830. The van der Waals surface area contributed by atoms with Crippen LogP contribution in [-0.2, 0) is 6.42 Å². The zero-order valence-corrected chi connectivity index (χ0v) is 17.2. The summed E-state index contributed by atoms with van der Waals surface area (Å²) in [5.41, 5.74) is 1.76. The number of nitrogens with zero attached hydrogens (tertiary/aromatic N) is 3. The van der Waals surface area contributed by atoms with Crippen molar-refractivity contribution in [3.8, 4) is 5.88 Å². The summed E-state index contributed by atoms with van der Waals surface area (Å²) in [7, 11) is 3.80. The van der Waals surface area contributed by atoms with Gasteiger partial charge in [0.05, 0.1) is 6.04 Å². The summed E-state index contributed by atoms with van der Waals surface area (Å²) in [5.74, 6) is -0.625. The summed E-state index contributed by atoms with van der Waals surface area (Å²) >= 11 is 0. The fourth-order valence-corrected chi connectivity index (χ4v) is 3.24. The third kappa shape index (κ3) is 4.85. The number of pyridine rings is 1. The maximum Gasteiger partial charge on any atom is 0.412 e. The Morgan fingerprint density at radius 1 is 1.33 bits per heavy atom. The molecule has 2 N–H and O–H groups in total. The molecule has 1 aliphatic heterocycles. The number of anilines is 1. The smallest absolute Gasteiger partial charge is 0.412 e. The van der Waals surface area contributed by atoms with Gasteiger partial charge in [0.15, 0.2) is 0 Å². The lowest BCUT2D eigenvalue weighted by Crippen LogP contribution is -2.45. The highest BCUT2D eigenvalue weighted by Crippen LogP contribution is 2.35. The number of rotatable bonds is 6. The van der Waals surface area contributed by atoms with E-state index in [0.717, 1.165) is 5.56 Å². The monoisotopic (exact) mass is 416 g/mol. The van der Waals surface area contributed by atoms with Gasteiger partial charge in [-0.1, -0.05) is 12.1 Å². The number of halogens is 1. The van der Waals surface area contributed by atoms with Crippen LogP contribution in [0.15, 0.2) is 30.3 Å². The van der Waals surface area contributed by atoms with Crippen LogP contribution in [0.3, 0.4) is 0 Å². The molecule has 1 aromatic carbocycles. The number of carboxylic acid groups (broad SMARTS) is 1. The number of fused-ring (bicyclic) bond motifs is 1. The summed E-state index contributed by atoms with van der Waals surface area (Å²) in [4.78, 5) is 32.1. The van der Waals surface area contributed by atoms with E-state index >= 15 is 0 Å². The van der Waals surface area contributed by atoms with Crippen molar-refractivity contribution in [1.29, 1.82) is 0 Å². The van der Waals surface area contributed by atoms with Gasteiger partial charge in [-0.3, -0.25) is 9.69 Å². The van der Waals surface area contributed by atoms with Crippen LogP contribution in [0.5, 0.6) is 5.88 Å². The van der Waals surface area contributed by atoms with Crippen LogP contribution in [0.4, 0.5) is 14.9 Å². The fourth-order valence-electron chi connectivity index (χ4n) is 3.24. The van der Waals surface area contributed by atoms with Gasteiger partial charge in [-0.25, -0.2) is 14.2 Å². The molecule has 1 unspecified atom stereocenters. The molecule has 1 aliphatic rings. The number of ether oxygens (including phenoxy) is 1. The third-order valence-corrected chi connectivity index (χ3v) is 4.78. The maximum atomic E-state index is 13.3. The van der Waals surface area contributed by atoms with Gasteiger partial charge in [0.2, 0.25) is 5.88 Å². The molecule has 0 aliphatic carbocycles. The minimum absolute atomic E-state index is 0.108. The second-order valence-electron chi connectivity index (χ2n) is 7.50. The summed E-state index contributed by atoms with van der Waals surface area (Å²) in [6.45, 7) is 2.97. The van der Waals surface area contributed by atoms with E-state index < -0.39 is 12.1 Å². The Morgan fingerprint density at radius 3 is 2.67 bits per heavy atom. The average Bonchev–Trinajstić information content (AvgIpc) is 2.68. The Kier molecular flexibility index (Phi) is 6.51. The molecular formula is C21H25FN4O4. The van der Waals surface area contributed by atoms with Crippen LogP contribution in [-0.4, -0.2) is 66.8 Å². The number of carbonyl (C=O) groups is 2. The van der Waals surface area contributed by atoms with E-state index in [1.54, 1.807) is 25.1 Å². The zero-order chi connectivity index (χ0) is 21.8. The predicted molar refractivity (Wildman–Crippen MR) is 110 cm³/mol. The van der Waals surface area contributed by atoms with E-state index in [1.165, 1.54) is 17.0 Å². The summed E-state index contributed by atoms with van der Waals surface area (Å²) < 4.78 is 18.9. The van der Waals surface area contributed by atoms with Crippen LogP contribution in [0.2, 0.25) is 0 Å². The van der Waals surface area contributed by atoms with Crippen molar-refractivity contribution >= 4 is 17.7 Å². The molecule has 160 valence electrons. The van der Waals surface area contributed by atoms with Crippen LogP contribution < -0.4 is 15.0 Å². The summed E-state index contributed by atoms with van der Waals surface area (Å²) in [6, 6.07) is 7.15. The molecule has 2 amide bonds. The molecular weight excluding hydrogens is 391 g/mol. The van der Waals surface area contributed by atoms with Gasteiger partial charge < -0.3 is 20.1 Å². The molecule has 2 aromatic rings. The lowest BCUT2D eigenvalue weighted by Gasteiger charge is -2.32. The number of nitrogens with one attached hydrogen (secondary N) is 1. The Balaban J connectivity index is 2.00. The molecule has 0 radical (unpaired) electrons. The van der Waals surface area contributed by atoms with Gasteiger partial charge in [-0.15, -0.1) is 0 Å². The first-order chi connectivity index (χ1) is 14.3. The molecule has 30 heavy (non-hydrogen) atoms. The molecule has 0 saturated heterocycles. The Bertz CT molecular complexity index is 933. The van der Waals surface area contributed by atoms with Crippen molar-refractivity contribution in [2.45, 2.75) is 19.4 Å². The fraction of sp³-hybridized carbons (Fsp3) is 0.381. The molecule has 0 saturated carbocycles. The topological polar surface area (TPSA) is 95.0 Å². The quantitative estimate of drug-likeness (QED) is 0.751. The minimum atomic E-state index is -1.12. The van der Waals surface area contributed by atoms with Crippen molar-refractivity contribution in [2.75, 3.05) is 38.7 Å². The van der Waals surface area contributed by atoms with E-state index in [1.807, 2.05) is 19.0 Å². The highest BCUT2D eigenvalue weighted by atomic mass is 19.1. The largest absolute Gasteiger partial charge is 0.474 e. The van der Waals surface area contributed by atoms with E-state index in [2.05, 4.69) is 10.3 Å². The molecule has 8 nitrogen and oxygen atoms in total. The second-order valence-corrected chi connectivity index (χ2v) is 7.50. The number of amides is 2. The van der Waals surface area contributed by atoms with E-state index in [0.29, 0.717) is 30.8 Å². The lowest BCUT2D eigenvalue weighted by atomic mass is 10.0. The van der Waals surface area contributed by atoms with Gasteiger partial charge >= 0.3 is 6.09 Å². The lowest BCUT2D eigenvalue weighted by molar-refractivity contribution is 0.0943. The van der Waals surface area contributed by atoms with Crippen molar-refractivity contribution < 1.29 is 23.8 Å². The third-order valence-electron chi connectivity index (χ3n) is 4.78. The number of likely N-dealkylation sites (N-methyl/N-ethyl adjacent to an activating group) is 1. The first-order valence-corrected chi connectivity index (χ1v) is 9.62. The first kappa shape index (κ1) is 21.5. The molecule has 1 aromatic heterocycles. The van der Waals surface area contributed by atoms with Crippen LogP contribution >= 0.6 is 0 Å². The Labute approximate surface area is 174 Å². The normalized spacial score (nSPS) is 15.5. The van der Waals surface area contributed by atoms with Crippen LogP contribution in [0.1, 0.15) is 28.5 Å². The van der Waals surface area contributed by atoms with Gasteiger partial charge in [0.25, 0.3) is 5.91 Å². The van der Waals surface area contributed by atoms with Gasteiger partial charge in [-0.05, 0) is 56.8 Å². The molecule has 0 bridgehead atoms. The first-order valence-electron chi connectivity index (χ1n) is 9.62. The summed E-state index contributed by atoms with van der Waals surface area (Å²) in [5, 5.41) is 12.5. The van der Waals surface area contributed by atoms with E-state index in [-0.39, 0.29) is 29.9 Å². The van der Waals surface area contributed by atoms with Crippen LogP contribution in [0.25, 0.3) is 0 Å². The minimum Gasteiger partial charge on any atom is -0.474 e. The van der Waals surface area contributed by atoms with E-state index in [4.69, 9.17) is 4.74 Å². The number of hydrogen-bond donors (Lipinski definition) is 2. The molecule has 3 rings (SSSR count). The standard InChI is InChI=1S/C21H25FN4O4/c1-13-12-30-20-17(26(13)21(28)29)11-15(10-14-4-6-16(22)7-5-14)18(24-20)19(27)23-8-9-25(2)3/h4-7,11,13H,8-10,12H2,1-3H3,(H,23,27)(H,28,29). The van der Waals surface area contributed by atoms with Crippen LogP contribution in [0, 0.1) is 5.82 Å². The molecule has 2 heterocycles. The highest BCUT2D eigenvalue weighted by molar-refractivity contribution is 5.96. The van der Waals surface area contributed by atoms with Crippen molar-refractivity contribution in [1.82, 2.24) is 15.2 Å². The van der Waals surface area contributed by atoms with Gasteiger partial charge in [-0.2, -0.15) is 0 Å². The van der Waals surface area contributed by atoms with Crippen molar-refractivity contribution in [2.24, 2.45) is 0 Å². The second kappa shape index (κ2) is 9.08. The average molecular weight is 416 g/mol. The Morgan fingerprint density at radius 2 is 2.03 bits per heavy atom. The molecule has 9 heteroatoms. The Hall–Kier alpha value is -3.20. The molecule has 1 atom stereocenters. The van der Waals surface area contributed by atoms with Crippen molar-refractivity contribution in [3.05, 3.63) is 53.0 Å². The van der Waals surface area contributed by atoms with E-state index in [9.17, 15) is 19.1 Å². The predicted octanol–water partition coefficient (Wildman–Crippen LogP) is 2.37. The number of carbonyl (C=O) groups excluding carboxylic acids is 1. The zero-order valence-electron chi connectivity index (χ0n) is 17.2. The number of aromatic nitrogens is 1. The molecule has 0 fully saturated rings. The van der Waals surface area contributed by atoms with Gasteiger partial charge in [0.1, 0.15) is 23.8 Å². The van der Waals surface area contributed by atoms with Crippen molar-refractivity contribution in [3.63, 3.8) is 0 Å². The number of hydrogen-bond acceptors (Lipinski definition) is 5. The maximum absolute atomic E-state index is 13.3. The highest BCUT2D eigenvalue weighted by Gasteiger charge is 2.32.